The second-order valence-corrected chi connectivity index (χ2v) is 18.6. The van der Waals surface area contributed by atoms with Crippen LogP contribution < -0.4 is 21.3 Å². The fourth-order valence-electron chi connectivity index (χ4n) is 9.97. The minimum atomic E-state index is -0.558. The largest absolute Gasteiger partial charge is 0.446 e. The number of halogens is 1. The van der Waals surface area contributed by atoms with Gasteiger partial charge in [0.25, 0.3) is 0 Å². The summed E-state index contributed by atoms with van der Waals surface area (Å²) < 4.78 is 29.1. The lowest BCUT2D eigenvalue weighted by molar-refractivity contribution is -0.133. The van der Waals surface area contributed by atoms with E-state index in [2.05, 4.69) is 35.6 Å². The lowest BCUT2D eigenvalue weighted by Crippen LogP contribution is -2.48. The van der Waals surface area contributed by atoms with E-state index in [4.69, 9.17) is 30.1 Å². The van der Waals surface area contributed by atoms with Gasteiger partial charge in [-0.15, -0.1) is 0 Å². The molecular formula is C46H56FN13O5. The van der Waals surface area contributed by atoms with E-state index in [1.165, 1.54) is 12.4 Å². The Kier molecular flexibility index (Phi) is 11.8. The van der Waals surface area contributed by atoms with Crippen molar-refractivity contribution in [3.05, 3.63) is 54.1 Å². The molecule has 1 atom stereocenters. The average Bonchev–Trinajstić information content (AvgIpc) is 3.93. The Morgan fingerprint density at radius 3 is 2.37 bits per heavy atom. The number of nitrogens with zero attached hydrogens (tertiary/aromatic N) is 10. The van der Waals surface area contributed by atoms with Crippen molar-refractivity contribution in [3.63, 3.8) is 0 Å². The summed E-state index contributed by atoms with van der Waals surface area (Å²) in [7, 11) is 0. The number of ether oxygens (including phenoxy) is 1. The number of nitrogens with one attached hydrogen (secondary N) is 2. The first-order chi connectivity index (χ1) is 31.6. The van der Waals surface area contributed by atoms with Gasteiger partial charge < -0.3 is 30.1 Å². The first kappa shape index (κ1) is 42.7. The van der Waals surface area contributed by atoms with Gasteiger partial charge in [0, 0.05) is 82.3 Å². The predicted molar refractivity (Wildman–Crippen MR) is 239 cm³/mol. The normalized spacial score (nSPS) is 22.4. The highest BCUT2D eigenvalue weighted by molar-refractivity contribution is 6.02. The van der Waals surface area contributed by atoms with E-state index in [-0.39, 0.29) is 54.1 Å². The summed E-state index contributed by atoms with van der Waals surface area (Å²) in [6, 6.07) is 4.45. The van der Waals surface area contributed by atoms with E-state index in [1.54, 1.807) is 12.1 Å². The molecule has 0 bridgehead atoms. The lowest BCUT2D eigenvalue weighted by atomic mass is 9.87. The van der Waals surface area contributed by atoms with Crippen molar-refractivity contribution in [2.24, 2.45) is 5.92 Å². The molecule has 0 radical (unpaired) electrons. The molecule has 4 aromatic heterocycles. The zero-order valence-electron chi connectivity index (χ0n) is 36.9. The van der Waals surface area contributed by atoms with Crippen LogP contribution >= 0.6 is 0 Å². The summed E-state index contributed by atoms with van der Waals surface area (Å²) in [6.45, 7) is 9.40. The third kappa shape index (κ3) is 8.94. The van der Waals surface area contributed by atoms with E-state index in [1.807, 2.05) is 35.8 Å². The number of carbonyl (C=O) groups excluding carboxylic acids is 3. The number of hydrogen-bond acceptors (Lipinski definition) is 15. The third-order valence-corrected chi connectivity index (χ3v) is 13.8. The molecule has 3 aliphatic heterocycles. The number of piperidine rings is 2. The zero-order chi connectivity index (χ0) is 44.8. The fourth-order valence-corrected chi connectivity index (χ4v) is 9.97. The van der Waals surface area contributed by atoms with Gasteiger partial charge in [-0.3, -0.25) is 19.8 Å². The van der Waals surface area contributed by atoms with E-state index in [0.717, 1.165) is 101 Å². The number of amides is 3. The van der Waals surface area contributed by atoms with Gasteiger partial charge in [-0.25, -0.2) is 33.8 Å². The van der Waals surface area contributed by atoms with Crippen molar-refractivity contribution in [2.45, 2.75) is 108 Å². The van der Waals surface area contributed by atoms with E-state index >= 15 is 4.39 Å². The molecule has 5 fully saturated rings. The van der Waals surface area contributed by atoms with Gasteiger partial charge in [-0.1, -0.05) is 5.16 Å². The Morgan fingerprint density at radius 2 is 1.68 bits per heavy atom. The first-order valence-electron chi connectivity index (χ1n) is 23.2. The SMILES string of the molecule is CC(C)n1nc(-c2noc(C3CC3)c2-c2ncc(C3CCN(C(=O)OC4CCC(CN5CCN(c6ccc(NC7CCC(=O)NC7=O)cc6F)CC5)CC4)CC3)cn2)c2c(N)ncnc21. The molecule has 18 nitrogen and oxygen atoms in total. The highest BCUT2D eigenvalue weighted by Gasteiger charge is 2.37. The number of piperazine rings is 1. The number of likely N-dealkylation sites (tertiary alicyclic amines) is 1. The molecule has 342 valence electrons. The number of nitrogen functional groups attached to an aromatic ring is 1. The number of aromatic nitrogens is 7. The lowest BCUT2D eigenvalue weighted by Gasteiger charge is -2.39. The smallest absolute Gasteiger partial charge is 0.410 e. The number of nitrogens with two attached hydrogens (primary N) is 1. The van der Waals surface area contributed by atoms with Crippen molar-refractivity contribution >= 4 is 46.1 Å². The second-order valence-electron chi connectivity index (χ2n) is 18.6. The molecule has 4 N–H and O–H groups in total. The summed E-state index contributed by atoms with van der Waals surface area (Å²) in [5, 5.41) is 15.4. The summed E-state index contributed by atoms with van der Waals surface area (Å²) in [5.74, 6) is 1.60. The van der Waals surface area contributed by atoms with Gasteiger partial charge in [0.1, 0.15) is 41.5 Å². The Hall–Kier alpha value is -6.24. The number of imide groups is 1. The van der Waals surface area contributed by atoms with Gasteiger partial charge in [0.2, 0.25) is 11.8 Å². The molecule has 2 aliphatic carbocycles. The zero-order valence-corrected chi connectivity index (χ0v) is 36.9. The van der Waals surface area contributed by atoms with E-state index < -0.39 is 6.04 Å². The van der Waals surface area contributed by atoms with Crippen LogP contribution in [0.25, 0.3) is 33.8 Å². The standard InChI is InChI=1S/C46H56FN13O5/c1-26(2)60-44-38(42(48)51-25-52-44)39(55-60)40-37(41(65-56-40)29-5-6-29)43-49-22-30(23-50-43)28-13-15-59(16-14-28)46(63)64-32-8-3-27(4-9-32)24-57-17-19-58(20-18-57)35-11-7-31(21-33(35)47)53-34-10-12-36(61)54-45(34)62/h7,11,21-23,25-29,32,34,53H,3-6,8-10,12-20,24H2,1-2H3,(H2,48,51,52)(H,54,61,62). The number of rotatable bonds is 11. The van der Waals surface area contributed by atoms with Crippen molar-refractivity contribution in [1.29, 1.82) is 0 Å². The fraction of sp³-hybridized carbons (Fsp3) is 0.543. The van der Waals surface area contributed by atoms with Crippen molar-refractivity contribution in [1.82, 2.24) is 50.0 Å². The van der Waals surface area contributed by atoms with Crippen LogP contribution in [0.15, 0.2) is 41.4 Å². The molecule has 65 heavy (non-hydrogen) atoms. The van der Waals surface area contributed by atoms with Crippen LogP contribution in [0.1, 0.15) is 107 Å². The molecule has 19 heteroatoms. The molecule has 7 heterocycles. The Balaban J connectivity index is 0.679. The molecule has 2 saturated carbocycles. The summed E-state index contributed by atoms with van der Waals surface area (Å²) in [6.07, 6.45) is 12.9. The Labute approximate surface area is 375 Å². The number of fused-ring (bicyclic) bond motifs is 1. The van der Waals surface area contributed by atoms with E-state index in [0.29, 0.717) is 70.9 Å². The number of anilines is 3. The summed E-state index contributed by atoms with van der Waals surface area (Å²) in [5.41, 5.74) is 10.9. The van der Waals surface area contributed by atoms with Gasteiger partial charge in [-0.05, 0) is 107 Å². The highest BCUT2D eigenvalue weighted by Crippen LogP contribution is 2.48. The molecule has 1 unspecified atom stereocenters. The van der Waals surface area contributed by atoms with Crippen molar-refractivity contribution in [3.8, 4) is 22.8 Å². The third-order valence-electron chi connectivity index (χ3n) is 13.8. The minimum Gasteiger partial charge on any atom is -0.446 e. The van der Waals surface area contributed by atoms with Gasteiger partial charge in [0.15, 0.2) is 17.2 Å². The van der Waals surface area contributed by atoms with Crippen LogP contribution in [0, 0.1) is 11.7 Å². The minimum absolute atomic E-state index is 0.0309. The highest BCUT2D eigenvalue weighted by atomic mass is 19.1. The summed E-state index contributed by atoms with van der Waals surface area (Å²) >= 11 is 0. The molecule has 3 saturated heterocycles. The predicted octanol–water partition coefficient (Wildman–Crippen LogP) is 6.03. The number of hydrogen-bond donors (Lipinski definition) is 3. The van der Waals surface area contributed by atoms with E-state index in [9.17, 15) is 14.4 Å². The molecular weight excluding hydrogens is 834 g/mol. The average molecular weight is 890 g/mol. The van der Waals surface area contributed by atoms with Crippen LogP contribution in [-0.4, -0.2) is 121 Å². The van der Waals surface area contributed by atoms with Crippen molar-refractivity contribution in [2.75, 3.05) is 61.8 Å². The second kappa shape index (κ2) is 18.0. The monoisotopic (exact) mass is 889 g/mol. The quantitative estimate of drug-likeness (QED) is 0.129. The van der Waals surface area contributed by atoms with Crippen LogP contribution in [0.5, 0.6) is 0 Å². The van der Waals surface area contributed by atoms with Crippen LogP contribution in [0.4, 0.5) is 26.4 Å². The maximum atomic E-state index is 15.2. The maximum absolute atomic E-state index is 15.2. The van der Waals surface area contributed by atoms with Gasteiger partial charge in [-0.2, -0.15) is 5.10 Å². The summed E-state index contributed by atoms with van der Waals surface area (Å²) in [4.78, 5) is 61.8. The van der Waals surface area contributed by atoms with Crippen LogP contribution in [0.2, 0.25) is 0 Å². The molecule has 5 aliphatic rings. The molecule has 3 amide bonds. The topological polar surface area (TPSA) is 216 Å². The molecule has 0 spiro atoms. The maximum Gasteiger partial charge on any atom is 0.410 e. The molecule has 10 rings (SSSR count). The first-order valence-corrected chi connectivity index (χ1v) is 23.2. The Morgan fingerprint density at radius 1 is 0.923 bits per heavy atom. The molecule has 1 aromatic carbocycles. The number of carbonyl (C=O) groups is 3. The molecule has 5 aromatic rings. The van der Waals surface area contributed by atoms with Gasteiger partial charge >= 0.3 is 6.09 Å². The van der Waals surface area contributed by atoms with Crippen molar-refractivity contribution < 1.29 is 28.0 Å². The van der Waals surface area contributed by atoms with Crippen LogP contribution in [0.3, 0.4) is 0 Å². The van der Waals surface area contributed by atoms with Gasteiger partial charge in [0.05, 0.1) is 16.6 Å². The van der Waals surface area contributed by atoms with Crippen LogP contribution in [-0.2, 0) is 14.3 Å². The Bertz CT molecular complexity index is 2550. The number of benzene rings is 1.